The van der Waals surface area contributed by atoms with Crippen LogP contribution in [-0.4, -0.2) is 47.7 Å². The molecular formula is C11H19NO4. The van der Waals surface area contributed by atoms with Crippen LogP contribution in [0.25, 0.3) is 0 Å². The molecule has 0 radical (unpaired) electrons. The van der Waals surface area contributed by atoms with Gasteiger partial charge in [0.2, 0.25) is 5.91 Å². The second-order valence-corrected chi connectivity index (χ2v) is 3.93. The maximum atomic E-state index is 11.6. The Hall–Kier alpha value is -1.10. The van der Waals surface area contributed by atoms with E-state index in [0.717, 1.165) is 12.8 Å². The van der Waals surface area contributed by atoms with Crippen LogP contribution in [0.5, 0.6) is 0 Å². The quantitative estimate of drug-likeness (QED) is 0.760. The Kier molecular flexibility index (Phi) is 5.25. The molecule has 1 aliphatic rings. The van der Waals surface area contributed by atoms with Crippen molar-refractivity contribution >= 4 is 11.9 Å². The van der Waals surface area contributed by atoms with Gasteiger partial charge in [0.25, 0.3) is 0 Å². The SMILES string of the molecule is CCOC1CCN(C(=O)CCC(=O)O)CC1. The molecule has 0 unspecified atom stereocenters. The Morgan fingerprint density at radius 3 is 2.44 bits per heavy atom. The normalized spacial score (nSPS) is 17.4. The minimum atomic E-state index is -0.919. The van der Waals surface area contributed by atoms with Crippen molar-refractivity contribution in [3.05, 3.63) is 0 Å². The molecule has 0 aromatic rings. The van der Waals surface area contributed by atoms with Gasteiger partial charge in [-0.05, 0) is 19.8 Å². The predicted octanol–water partition coefficient (Wildman–Crippen LogP) is 0.879. The lowest BCUT2D eigenvalue weighted by Crippen LogP contribution is -2.40. The first-order chi connectivity index (χ1) is 7.63. The molecule has 1 amide bonds. The summed E-state index contributed by atoms with van der Waals surface area (Å²) in [5.74, 6) is -0.977. The van der Waals surface area contributed by atoms with E-state index in [2.05, 4.69) is 0 Å². The maximum Gasteiger partial charge on any atom is 0.303 e. The molecule has 92 valence electrons. The molecule has 1 N–H and O–H groups in total. The van der Waals surface area contributed by atoms with Crippen molar-refractivity contribution in [1.29, 1.82) is 0 Å². The van der Waals surface area contributed by atoms with Crippen molar-refractivity contribution in [2.75, 3.05) is 19.7 Å². The van der Waals surface area contributed by atoms with Gasteiger partial charge in [-0.15, -0.1) is 0 Å². The highest BCUT2D eigenvalue weighted by Gasteiger charge is 2.22. The number of piperidine rings is 1. The number of amides is 1. The second kappa shape index (κ2) is 6.48. The third-order valence-corrected chi connectivity index (χ3v) is 2.75. The molecular weight excluding hydrogens is 210 g/mol. The van der Waals surface area contributed by atoms with Crippen molar-refractivity contribution in [1.82, 2.24) is 4.90 Å². The van der Waals surface area contributed by atoms with Gasteiger partial charge in [-0.1, -0.05) is 0 Å². The van der Waals surface area contributed by atoms with Crippen LogP contribution in [-0.2, 0) is 14.3 Å². The summed E-state index contributed by atoms with van der Waals surface area (Å²) in [6.07, 6.45) is 1.99. The fraction of sp³-hybridized carbons (Fsp3) is 0.818. The smallest absolute Gasteiger partial charge is 0.303 e. The third kappa shape index (κ3) is 4.18. The summed E-state index contributed by atoms with van der Waals surface area (Å²) in [6, 6.07) is 0. The minimum Gasteiger partial charge on any atom is -0.481 e. The highest BCUT2D eigenvalue weighted by molar-refractivity contribution is 5.80. The molecule has 0 aliphatic carbocycles. The molecule has 0 bridgehead atoms. The number of nitrogens with zero attached hydrogens (tertiary/aromatic N) is 1. The number of ether oxygens (including phenoxy) is 1. The molecule has 0 atom stereocenters. The molecule has 0 aromatic heterocycles. The Bertz CT molecular complexity index is 246. The fourth-order valence-corrected chi connectivity index (χ4v) is 1.88. The van der Waals surface area contributed by atoms with E-state index in [0.29, 0.717) is 19.7 Å². The molecule has 0 aromatic carbocycles. The zero-order valence-electron chi connectivity index (χ0n) is 9.65. The number of carbonyl (C=O) groups excluding carboxylic acids is 1. The summed E-state index contributed by atoms with van der Waals surface area (Å²) in [7, 11) is 0. The lowest BCUT2D eigenvalue weighted by atomic mass is 10.1. The summed E-state index contributed by atoms with van der Waals surface area (Å²) < 4.78 is 5.48. The van der Waals surface area contributed by atoms with Gasteiger partial charge in [-0.25, -0.2) is 0 Å². The number of hydrogen-bond acceptors (Lipinski definition) is 3. The number of aliphatic carboxylic acids is 1. The summed E-state index contributed by atoms with van der Waals surface area (Å²) in [6.45, 7) is 4.04. The molecule has 1 fully saturated rings. The topological polar surface area (TPSA) is 66.8 Å². The summed E-state index contributed by atoms with van der Waals surface area (Å²) in [5.41, 5.74) is 0. The lowest BCUT2D eigenvalue weighted by Gasteiger charge is -2.31. The van der Waals surface area contributed by atoms with Gasteiger partial charge < -0.3 is 14.7 Å². The van der Waals surface area contributed by atoms with E-state index in [-0.39, 0.29) is 24.9 Å². The summed E-state index contributed by atoms with van der Waals surface area (Å²) in [4.78, 5) is 23.7. The molecule has 1 heterocycles. The van der Waals surface area contributed by atoms with Crippen molar-refractivity contribution in [2.24, 2.45) is 0 Å². The van der Waals surface area contributed by atoms with E-state index in [1.54, 1.807) is 4.90 Å². The standard InChI is InChI=1S/C11H19NO4/c1-2-16-9-5-7-12(8-6-9)10(13)3-4-11(14)15/h9H,2-8H2,1H3,(H,14,15). The molecule has 0 saturated carbocycles. The summed E-state index contributed by atoms with van der Waals surface area (Å²) in [5, 5.41) is 8.48. The first-order valence-electron chi connectivity index (χ1n) is 5.74. The van der Waals surface area contributed by atoms with Gasteiger partial charge in [0, 0.05) is 26.1 Å². The Labute approximate surface area is 95.4 Å². The van der Waals surface area contributed by atoms with Crippen LogP contribution in [0.1, 0.15) is 32.6 Å². The van der Waals surface area contributed by atoms with Crippen molar-refractivity contribution in [3.8, 4) is 0 Å². The van der Waals surface area contributed by atoms with E-state index in [9.17, 15) is 9.59 Å². The van der Waals surface area contributed by atoms with Crippen molar-refractivity contribution in [2.45, 2.75) is 38.7 Å². The van der Waals surface area contributed by atoms with Crippen LogP contribution < -0.4 is 0 Å². The minimum absolute atomic E-state index is 0.0580. The molecule has 1 saturated heterocycles. The highest BCUT2D eigenvalue weighted by atomic mass is 16.5. The first kappa shape index (κ1) is 13.0. The van der Waals surface area contributed by atoms with E-state index in [1.807, 2.05) is 6.92 Å². The number of carboxylic acid groups (broad SMARTS) is 1. The Balaban J connectivity index is 2.24. The zero-order valence-corrected chi connectivity index (χ0v) is 9.65. The Morgan fingerprint density at radius 1 is 1.31 bits per heavy atom. The fourth-order valence-electron chi connectivity index (χ4n) is 1.88. The monoisotopic (exact) mass is 229 g/mol. The molecule has 1 rings (SSSR count). The largest absolute Gasteiger partial charge is 0.481 e. The average Bonchev–Trinajstić information content (AvgIpc) is 2.27. The molecule has 16 heavy (non-hydrogen) atoms. The number of carboxylic acids is 1. The van der Waals surface area contributed by atoms with E-state index >= 15 is 0 Å². The van der Waals surface area contributed by atoms with E-state index in [1.165, 1.54) is 0 Å². The zero-order chi connectivity index (χ0) is 12.0. The summed E-state index contributed by atoms with van der Waals surface area (Å²) >= 11 is 0. The third-order valence-electron chi connectivity index (χ3n) is 2.75. The van der Waals surface area contributed by atoms with Gasteiger partial charge >= 0.3 is 5.97 Å². The van der Waals surface area contributed by atoms with Crippen LogP contribution in [0.4, 0.5) is 0 Å². The van der Waals surface area contributed by atoms with Gasteiger partial charge in [0.15, 0.2) is 0 Å². The number of likely N-dealkylation sites (tertiary alicyclic amines) is 1. The first-order valence-corrected chi connectivity index (χ1v) is 5.74. The lowest BCUT2D eigenvalue weighted by molar-refractivity contribution is -0.141. The van der Waals surface area contributed by atoms with Crippen molar-refractivity contribution in [3.63, 3.8) is 0 Å². The maximum absolute atomic E-state index is 11.6. The van der Waals surface area contributed by atoms with Gasteiger partial charge in [0.1, 0.15) is 0 Å². The molecule has 1 aliphatic heterocycles. The molecule has 5 heteroatoms. The van der Waals surface area contributed by atoms with Gasteiger partial charge in [-0.2, -0.15) is 0 Å². The van der Waals surface area contributed by atoms with Crippen LogP contribution in [0.2, 0.25) is 0 Å². The Morgan fingerprint density at radius 2 is 1.94 bits per heavy atom. The van der Waals surface area contributed by atoms with E-state index in [4.69, 9.17) is 9.84 Å². The second-order valence-electron chi connectivity index (χ2n) is 3.93. The van der Waals surface area contributed by atoms with Gasteiger partial charge in [-0.3, -0.25) is 9.59 Å². The van der Waals surface area contributed by atoms with Crippen LogP contribution in [0.15, 0.2) is 0 Å². The van der Waals surface area contributed by atoms with E-state index < -0.39 is 5.97 Å². The number of hydrogen-bond donors (Lipinski definition) is 1. The molecule has 0 spiro atoms. The predicted molar refractivity (Wildman–Crippen MR) is 58.1 cm³/mol. The average molecular weight is 229 g/mol. The number of rotatable bonds is 5. The van der Waals surface area contributed by atoms with Crippen LogP contribution >= 0.6 is 0 Å². The molecule has 5 nitrogen and oxygen atoms in total. The highest BCUT2D eigenvalue weighted by Crippen LogP contribution is 2.14. The number of carbonyl (C=O) groups is 2. The van der Waals surface area contributed by atoms with Gasteiger partial charge in [0.05, 0.1) is 12.5 Å². The van der Waals surface area contributed by atoms with Crippen LogP contribution in [0.3, 0.4) is 0 Å². The van der Waals surface area contributed by atoms with Crippen LogP contribution in [0, 0.1) is 0 Å². The van der Waals surface area contributed by atoms with Crippen molar-refractivity contribution < 1.29 is 19.4 Å².